The van der Waals surface area contributed by atoms with Gasteiger partial charge in [0.2, 0.25) is 5.91 Å². The third-order valence-electron chi connectivity index (χ3n) is 8.18. The number of carboxylic acid groups (broad SMARTS) is 1. The zero-order chi connectivity index (χ0) is 35.9. The van der Waals surface area contributed by atoms with Crippen LogP contribution in [-0.2, 0) is 9.59 Å². The SMILES string of the molecule is CCCC(c1ccc(C(=O)NCCC(=O)O)cc1)[C@H](C(=O)Nc1ccc(-c2c(C)cc(C)cc2C)cc1F)c1ccc(OC(F)(F)F)cc1. The van der Waals surface area contributed by atoms with E-state index in [2.05, 4.69) is 15.4 Å². The number of halogens is 4. The third-order valence-corrected chi connectivity index (χ3v) is 8.18. The fraction of sp³-hybridized carbons (Fsp3) is 0.289. The van der Waals surface area contributed by atoms with E-state index in [-0.39, 0.29) is 24.2 Å². The van der Waals surface area contributed by atoms with Gasteiger partial charge in [-0.05, 0) is 103 Å². The summed E-state index contributed by atoms with van der Waals surface area (Å²) < 4.78 is 58.3. The summed E-state index contributed by atoms with van der Waals surface area (Å²) >= 11 is 0. The number of hydrogen-bond donors (Lipinski definition) is 3. The van der Waals surface area contributed by atoms with E-state index in [1.807, 2.05) is 39.8 Å². The number of hydrogen-bond acceptors (Lipinski definition) is 4. The molecule has 49 heavy (non-hydrogen) atoms. The zero-order valence-corrected chi connectivity index (χ0v) is 27.6. The van der Waals surface area contributed by atoms with Gasteiger partial charge in [-0.2, -0.15) is 0 Å². The van der Waals surface area contributed by atoms with Crippen molar-refractivity contribution in [2.24, 2.45) is 0 Å². The first-order chi connectivity index (χ1) is 23.2. The highest BCUT2D eigenvalue weighted by Crippen LogP contribution is 2.39. The lowest BCUT2D eigenvalue weighted by Crippen LogP contribution is -2.28. The molecule has 11 heteroatoms. The quantitative estimate of drug-likeness (QED) is 0.123. The number of carboxylic acids is 1. The Morgan fingerprint density at radius 3 is 2.02 bits per heavy atom. The van der Waals surface area contributed by atoms with E-state index in [4.69, 9.17) is 5.11 Å². The molecule has 3 N–H and O–H groups in total. The molecule has 0 aliphatic heterocycles. The van der Waals surface area contributed by atoms with Crippen LogP contribution in [-0.4, -0.2) is 35.8 Å². The molecule has 0 bridgehead atoms. The first kappa shape index (κ1) is 36.6. The van der Waals surface area contributed by atoms with Gasteiger partial charge < -0.3 is 20.5 Å². The van der Waals surface area contributed by atoms with Gasteiger partial charge in [0.05, 0.1) is 18.0 Å². The third kappa shape index (κ3) is 9.68. The van der Waals surface area contributed by atoms with Gasteiger partial charge >= 0.3 is 12.3 Å². The number of nitrogens with one attached hydrogen (secondary N) is 2. The Morgan fingerprint density at radius 2 is 1.47 bits per heavy atom. The van der Waals surface area contributed by atoms with E-state index in [1.54, 1.807) is 30.3 Å². The Labute approximate surface area is 282 Å². The van der Waals surface area contributed by atoms with Crippen molar-refractivity contribution in [2.75, 3.05) is 11.9 Å². The van der Waals surface area contributed by atoms with E-state index in [0.29, 0.717) is 29.5 Å². The average molecular weight is 679 g/mol. The predicted octanol–water partition coefficient (Wildman–Crippen LogP) is 8.83. The van der Waals surface area contributed by atoms with Crippen molar-refractivity contribution in [1.29, 1.82) is 0 Å². The number of carbonyl (C=O) groups excluding carboxylic acids is 2. The molecule has 0 aliphatic rings. The molecule has 0 aromatic heterocycles. The van der Waals surface area contributed by atoms with Gasteiger partial charge in [-0.15, -0.1) is 13.2 Å². The number of aryl methyl sites for hydroxylation is 3. The van der Waals surface area contributed by atoms with Crippen molar-refractivity contribution in [3.63, 3.8) is 0 Å². The number of amides is 2. The second kappa shape index (κ2) is 15.8. The molecule has 0 radical (unpaired) electrons. The highest BCUT2D eigenvalue weighted by Gasteiger charge is 2.33. The lowest BCUT2D eigenvalue weighted by atomic mass is 9.78. The van der Waals surface area contributed by atoms with Gasteiger partial charge in [0, 0.05) is 12.1 Å². The fourth-order valence-electron chi connectivity index (χ4n) is 6.16. The second-order valence-corrected chi connectivity index (χ2v) is 12.0. The van der Waals surface area contributed by atoms with Crippen LogP contribution in [0.1, 0.15) is 76.2 Å². The maximum absolute atomic E-state index is 15.6. The van der Waals surface area contributed by atoms with Crippen molar-refractivity contribution >= 4 is 23.5 Å². The minimum Gasteiger partial charge on any atom is -0.481 e. The van der Waals surface area contributed by atoms with Crippen molar-refractivity contribution in [1.82, 2.24) is 5.32 Å². The van der Waals surface area contributed by atoms with Crippen LogP contribution in [0.4, 0.5) is 23.2 Å². The summed E-state index contributed by atoms with van der Waals surface area (Å²) in [5, 5.41) is 14.1. The maximum Gasteiger partial charge on any atom is 0.573 e. The molecule has 0 saturated carbocycles. The van der Waals surface area contributed by atoms with Gasteiger partial charge in [-0.3, -0.25) is 14.4 Å². The molecule has 4 aromatic rings. The fourth-order valence-corrected chi connectivity index (χ4v) is 6.16. The number of aliphatic carboxylic acids is 1. The summed E-state index contributed by atoms with van der Waals surface area (Å²) in [6.07, 6.45) is -4.04. The number of benzene rings is 4. The number of alkyl halides is 3. The standard InChI is InChI=1S/C38H38F4N2O5/c1-5-6-30(25-7-9-27(10-8-25)36(47)43-18-17-33(45)46)35(26-11-14-29(15-12-26)49-38(40,41)42)37(48)44-32-16-13-28(21-31(32)39)34-23(3)19-22(2)20-24(34)4/h7-16,19-21,30,35H,5-6,17-18H2,1-4H3,(H,43,47)(H,44,48)(H,45,46)/t30?,35-/m1/s1. The Kier molecular flexibility index (Phi) is 11.8. The summed E-state index contributed by atoms with van der Waals surface area (Å²) in [5.74, 6) is -4.70. The van der Waals surface area contributed by atoms with Crippen molar-refractivity contribution in [3.8, 4) is 16.9 Å². The molecule has 0 aliphatic carbocycles. The van der Waals surface area contributed by atoms with E-state index in [0.717, 1.165) is 34.4 Å². The number of carbonyl (C=O) groups is 3. The second-order valence-electron chi connectivity index (χ2n) is 12.0. The topological polar surface area (TPSA) is 105 Å². The van der Waals surface area contributed by atoms with Gasteiger partial charge in [-0.25, -0.2) is 4.39 Å². The smallest absolute Gasteiger partial charge is 0.481 e. The normalized spacial score (nSPS) is 12.6. The van der Waals surface area contributed by atoms with E-state index in [1.165, 1.54) is 24.3 Å². The van der Waals surface area contributed by atoms with Crippen molar-refractivity contribution < 1.29 is 41.8 Å². The van der Waals surface area contributed by atoms with Crippen LogP contribution in [0, 0.1) is 26.6 Å². The zero-order valence-electron chi connectivity index (χ0n) is 27.6. The molecule has 1 unspecified atom stereocenters. The molecule has 0 spiro atoms. The first-order valence-corrected chi connectivity index (χ1v) is 15.8. The molecule has 7 nitrogen and oxygen atoms in total. The molecule has 2 atom stereocenters. The number of ether oxygens (including phenoxy) is 1. The molecular weight excluding hydrogens is 640 g/mol. The van der Waals surface area contributed by atoms with Crippen LogP contribution in [0.25, 0.3) is 11.1 Å². The highest BCUT2D eigenvalue weighted by atomic mass is 19.4. The Balaban J connectivity index is 1.68. The molecular formula is C38H38F4N2O5. The van der Waals surface area contributed by atoms with E-state index in [9.17, 15) is 27.6 Å². The minimum absolute atomic E-state index is 0.0492. The predicted molar refractivity (Wildman–Crippen MR) is 179 cm³/mol. The Bertz CT molecular complexity index is 1780. The largest absolute Gasteiger partial charge is 0.573 e. The van der Waals surface area contributed by atoms with Gasteiger partial charge in [0.25, 0.3) is 5.91 Å². The molecule has 0 saturated heterocycles. The van der Waals surface area contributed by atoms with Crippen molar-refractivity contribution in [3.05, 3.63) is 118 Å². The van der Waals surface area contributed by atoms with Gasteiger partial charge in [0.1, 0.15) is 11.6 Å². The lowest BCUT2D eigenvalue weighted by molar-refractivity contribution is -0.274. The highest BCUT2D eigenvalue weighted by molar-refractivity contribution is 5.97. The monoisotopic (exact) mass is 678 g/mol. The Hall–Kier alpha value is -5.19. The van der Waals surface area contributed by atoms with Crippen LogP contribution in [0.3, 0.4) is 0 Å². The van der Waals surface area contributed by atoms with Crippen LogP contribution in [0.2, 0.25) is 0 Å². The summed E-state index contributed by atoms with van der Waals surface area (Å²) in [6.45, 7) is 7.75. The van der Waals surface area contributed by atoms with E-state index >= 15 is 4.39 Å². The van der Waals surface area contributed by atoms with Crippen LogP contribution in [0.5, 0.6) is 5.75 Å². The Morgan fingerprint density at radius 1 is 0.857 bits per heavy atom. The molecule has 4 rings (SSSR count). The van der Waals surface area contributed by atoms with Crippen LogP contribution in [0.15, 0.2) is 78.9 Å². The number of anilines is 1. The summed E-state index contributed by atoms with van der Waals surface area (Å²) in [4.78, 5) is 37.4. The average Bonchev–Trinajstić information content (AvgIpc) is 3.01. The molecule has 0 fully saturated rings. The minimum atomic E-state index is -4.90. The van der Waals surface area contributed by atoms with Crippen LogP contribution < -0.4 is 15.4 Å². The lowest BCUT2D eigenvalue weighted by Gasteiger charge is -2.28. The maximum atomic E-state index is 15.6. The molecule has 0 heterocycles. The first-order valence-electron chi connectivity index (χ1n) is 15.8. The molecule has 2 amide bonds. The van der Waals surface area contributed by atoms with Gasteiger partial charge in [-0.1, -0.05) is 61.4 Å². The van der Waals surface area contributed by atoms with Crippen LogP contribution >= 0.6 is 0 Å². The van der Waals surface area contributed by atoms with Crippen molar-refractivity contribution in [2.45, 2.75) is 65.2 Å². The van der Waals surface area contributed by atoms with Gasteiger partial charge in [0.15, 0.2) is 0 Å². The summed E-state index contributed by atoms with van der Waals surface area (Å²) in [6, 6.07) is 20.1. The molecule has 258 valence electrons. The number of rotatable bonds is 13. The summed E-state index contributed by atoms with van der Waals surface area (Å²) in [7, 11) is 0. The summed E-state index contributed by atoms with van der Waals surface area (Å²) in [5.41, 5.74) is 5.87. The van der Waals surface area contributed by atoms with E-state index < -0.39 is 47.5 Å². The molecule has 4 aromatic carbocycles.